The van der Waals surface area contributed by atoms with Crippen LogP contribution < -0.4 is 10.8 Å². The second-order valence-corrected chi connectivity index (χ2v) is 5.05. The highest BCUT2D eigenvalue weighted by molar-refractivity contribution is 5.74. The van der Waals surface area contributed by atoms with Crippen LogP contribution in [0.2, 0.25) is 0 Å². The van der Waals surface area contributed by atoms with Crippen LogP contribution in [0.4, 0.5) is 4.79 Å². The van der Waals surface area contributed by atoms with Crippen LogP contribution in [0.1, 0.15) is 44.1 Å². The Kier molecular flexibility index (Phi) is 9.45. The van der Waals surface area contributed by atoms with Crippen LogP contribution in [0.3, 0.4) is 0 Å². The molecule has 0 aromatic heterocycles. The summed E-state index contributed by atoms with van der Waals surface area (Å²) in [6.45, 7) is 0.853. The Labute approximate surface area is 130 Å². The third-order valence-electron chi connectivity index (χ3n) is 3.12. The summed E-state index contributed by atoms with van der Waals surface area (Å²) in [4.78, 5) is 26.9. The Morgan fingerprint density at radius 3 is 2.41 bits per heavy atom. The molecule has 6 nitrogen and oxygen atoms in total. The maximum atomic E-state index is 11.5. The minimum Gasteiger partial charge on any atom is -0.465 e. The molecule has 0 unspecified atom stereocenters. The molecule has 0 atom stereocenters. The van der Waals surface area contributed by atoms with Crippen LogP contribution in [0.15, 0.2) is 30.3 Å². The van der Waals surface area contributed by atoms with Crippen molar-refractivity contribution in [2.75, 3.05) is 6.54 Å². The first kappa shape index (κ1) is 18.0. The van der Waals surface area contributed by atoms with Gasteiger partial charge in [-0.1, -0.05) is 49.6 Å². The van der Waals surface area contributed by atoms with Crippen molar-refractivity contribution in [3.8, 4) is 0 Å². The third-order valence-corrected chi connectivity index (χ3v) is 3.12. The molecule has 3 N–H and O–H groups in total. The zero-order valence-electron chi connectivity index (χ0n) is 12.7. The van der Waals surface area contributed by atoms with Gasteiger partial charge in [-0.15, -0.1) is 0 Å². The van der Waals surface area contributed by atoms with E-state index in [1.165, 1.54) is 0 Å². The second kappa shape index (κ2) is 11.6. The minimum absolute atomic E-state index is 0.108. The van der Waals surface area contributed by atoms with E-state index >= 15 is 0 Å². The van der Waals surface area contributed by atoms with Crippen molar-refractivity contribution < 1.29 is 19.5 Å². The summed E-state index contributed by atoms with van der Waals surface area (Å²) in [5.41, 5.74) is 3.45. The van der Waals surface area contributed by atoms with Crippen LogP contribution in [0, 0.1) is 0 Å². The van der Waals surface area contributed by atoms with Gasteiger partial charge in [0.2, 0.25) is 5.91 Å². The van der Waals surface area contributed by atoms with Gasteiger partial charge >= 0.3 is 6.09 Å². The molecule has 1 aromatic carbocycles. The summed E-state index contributed by atoms with van der Waals surface area (Å²) in [7, 11) is 0. The number of amides is 2. The van der Waals surface area contributed by atoms with Gasteiger partial charge in [-0.2, -0.15) is 0 Å². The van der Waals surface area contributed by atoms with Gasteiger partial charge in [0.1, 0.15) is 0 Å². The Bertz CT molecular complexity index is 437. The van der Waals surface area contributed by atoms with E-state index in [9.17, 15) is 9.59 Å². The molecular formula is C16H24N2O4. The predicted octanol–water partition coefficient (Wildman–Crippen LogP) is 2.84. The van der Waals surface area contributed by atoms with Crippen LogP contribution >= 0.6 is 0 Å². The quantitative estimate of drug-likeness (QED) is 0.433. The number of hydroxylamine groups is 1. The second-order valence-electron chi connectivity index (χ2n) is 5.05. The molecule has 0 aliphatic rings. The van der Waals surface area contributed by atoms with Crippen molar-refractivity contribution in [2.45, 2.75) is 45.1 Å². The molecular weight excluding hydrogens is 284 g/mol. The number of benzene rings is 1. The van der Waals surface area contributed by atoms with E-state index in [1.54, 1.807) is 0 Å². The summed E-state index contributed by atoms with van der Waals surface area (Å²) in [6, 6.07) is 9.65. The molecule has 0 heterocycles. The number of carboxylic acid groups (broad SMARTS) is 1. The van der Waals surface area contributed by atoms with E-state index in [-0.39, 0.29) is 5.91 Å². The number of hydrogen-bond acceptors (Lipinski definition) is 3. The SMILES string of the molecule is O=C(O)NCCCCCCCC(=O)NOCc1ccccc1. The lowest BCUT2D eigenvalue weighted by Gasteiger charge is -2.06. The molecule has 2 amide bonds. The Hall–Kier alpha value is -2.08. The van der Waals surface area contributed by atoms with Gasteiger partial charge in [0, 0.05) is 13.0 Å². The zero-order valence-corrected chi connectivity index (χ0v) is 12.7. The molecule has 6 heteroatoms. The molecule has 1 aromatic rings. The van der Waals surface area contributed by atoms with Crippen LogP contribution in [0.25, 0.3) is 0 Å². The average molecular weight is 308 g/mol. The fraction of sp³-hybridized carbons (Fsp3) is 0.500. The topological polar surface area (TPSA) is 87.7 Å². The molecule has 1 rings (SSSR count). The van der Waals surface area contributed by atoms with Gasteiger partial charge in [0.15, 0.2) is 0 Å². The first-order valence-electron chi connectivity index (χ1n) is 7.60. The standard InChI is InChI=1S/C16H24N2O4/c19-15(18-22-13-14-9-5-4-6-10-14)11-7-2-1-3-8-12-17-16(20)21/h4-6,9-10,17H,1-3,7-8,11-13H2,(H,18,19)(H,20,21). The highest BCUT2D eigenvalue weighted by Gasteiger charge is 2.01. The zero-order chi connectivity index (χ0) is 16.0. The molecule has 0 saturated heterocycles. The fourth-order valence-corrected chi connectivity index (χ4v) is 1.96. The van der Waals surface area contributed by atoms with Crippen LogP contribution in [-0.2, 0) is 16.2 Å². The highest BCUT2D eigenvalue weighted by Crippen LogP contribution is 2.05. The molecule has 0 aliphatic carbocycles. The van der Waals surface area contributed by atoms with Crippen molar-refractivity contribution >= 4 is 12.0 Å². The van der Waals surface area contributed by atoms with E-state index in [4.69, 9.17) is 9.94 Å². The molecule has 0 aliphatic heterocycles. The van der Waals surface area contributed by atoms with Gasteiger partial charge in [0.25, 0.3) is 0 Å². The summed E-state index contributed by atoms with van der Waals surface area (Å²) in [5.74, 6) is -0.108. The first-order valence-corrected chi connectivity index (χ1v) is 7.60. The average Bonchev–Trinajstić information content (AvgIpc) is 2.50. The molecule has 0 saturated carbocycles. The van der Waals surface area contributed by atoms with Crippen LogP contribution in [0.5, 0.6) is 0 Å². The van der Waals surface area contributed by atoms with Gasteiger partial charge < -0.3 is 10.4 Å². The Morgan fingerprint density at radius 1 is 1.00 bits per heavy atom. The van der Waals surface area contributed by atoms with Gasteiger partial charge in [-0.3, -0.25) is 9.63 Å². The molecule has 0 fully saturated rings. The van der Waals surface area contributed by atoms with E-state index in [0.29, 0.717) is 19.6 Å². The Morgan fingerprint density at radius 2 is 1.68 bits per heavy atom. The minimum atomic E-state index is -0.979. The van der Waals surface area contributed by atoms with Crippen molar-refractivity contribution in [1.29, 1.82) is 0 Å². The lowest BCUT2D eigenvalue weighted by Crippen LogP contribution is -2.23. The first-order chi connectivity index (χ1) is 10.7. The lowest BCUT2D eigenvalue weighted by molar-refractivity contribution is -0.134. The summed E-state index contributed by atoms with van der Waals surface area (Å²) in [5, 5.41) is 10.7. The predicted molar refractivity (Wildman–Crippen MR) is 83.1 cm³/mol. The highest BCUT2D eigenvalue weighted by atomic mass is 16.6. The Balaban J connectivity index is 1.90. The number of carbonyl (C=O) groups excluding carboxylic acids is 1. The maximum absolute atomic E-state index is 11.5. The third kappa shape index (κ3) is 9.77. The lowest BCUT2D eigenvalue weighted by atomic mass is 10.1. The molecule has 22 heavy (non-hydrogen) atoms. The number of hydrogen-bond donors (Lipinski definition) is 3. The van der Waals surface area contributed by atoms with Gasteiger partial charge in [-0.25, -0.2) is 10.3 Å². The molecule has 0 radical (unpaired) electrons. The number of unbranched alkanes of at least 4 members (excludes halogenated alkanes) is 4. The van der Waals surface area contributed by atoms with Crippen molar-refractivity contribution in [3.63, 3.8) is 0 Å². The van der Waals surface area contributed by atoms with E-state index < -0.39 is 6.09 Å². The van der Waals surface area contributed by atoms with E-state index in [1.807, 2.05) is 30.3 Å². The normalized spacial score (nSPS) is 10.2. The summed E-state index contributed by atoms with van der Waals surface area (Å²) < 4.78 is 0. The molecule has 0 spiro atoms. The van der Waals surface area contributed by atoms with Crippen LogP contribution in [-0.4, -0.2) is 23.7 Å². The largest absolute Gasteiger partial charge is 0.465 e. The van der Waals surface area contributed by atoms with E-state index in [0.717, 1.165) is 37.7 Å². The smallest absolute Gasteiger partial charge is 0.404 e. The number of rotatable bonds is 11. The van der Waals surface area contributed by atoms with Gasteiger partial charge in [-0.05, 0) is 18.4 Å². The summed E-state index contributed by atoms with van der Waals surface area (Å²) >= 11 is 0. The molecule has 0 bridgehead atoms. The van der Waals surface area contributed by atoms with Crippen molar-refractivity contribution in [1.82, 2.24) is 10.8 Å². The monoisotopic (exact) mass is 308 g/mol. The molecule has 122 valence electrons. The number of carbonyl (C=O) groups is 2. The van der Waals surface area contributed by atoms with Gasteiger partial charge in [0.05, 0.1) is 6.61 Å². The van der Waals surface area contributed by atoms with Crippen molar-refractivity contribution in [2.24, 2.45) is 0 Å². The summed E-state index contributed by atoms with van der Waals surface area (Å²) in [6.07, 6.45) is 4.03. The fourth-order valence-electron chi connectivity index (χ4n) is 1.96. The maximum Gasteiger partial charge on any atom is 0.404 e. The van der Waals surface area contributed by atoms with Crippen molar-refractivity contribution in [3.05, 3.63) is 35.9 Å². The van der Waals surface area contributed by atoms with E-state index in [2.05, 4.69) is 10.8 Å². The number of nitrogens with one attached hydrogen (secondary N) is 2.